The summed E-state index contributed by atoms with van der Waals surface area (Å²) in [6.45, 7) is 6.92. The highest BCUT2D eigenvalue weighted by Crippen LogP contribution is 2.24. The first kappa shape index (κ1) is 17.9. The fourth-order valence-corrected chi connectivity index (χ4v) is 3.91. The van der Waals surface area contributed by atoms with Crippen LogP contribution in [-0.4, -0.2) is 54.0 Å². The summed E-state index contributed by atoms with van der Waals surface area (Å²) in [5.41, 5.74) is 1.36. The third-order valence-corrected chi connectivity index (χ3v) is 5.44. The molecule has 2 fully saturated rings. The smallest absolute Gasteiger partial charge is 0.224 e. The number of benzene rings is 1. The van der Waals surface area contributed by atoms with E-state index < -0.39 is 0 Å². The Morgan fingerprint density at radius 2 is 2.04 bits per heavy atom. The van der Waals surface area contributed by atoms with Crippen LogP contribution in [0.2, 0.25) is 0 Å². The molecule has 0 radical (unpaired) electrons. The Morgan fingerprint density at radius 1 is 1.28 bits per heavy atom. The Hall–Kier alpha value is -1.90. The molecule has 0 unspecified atom stereocenters. The third kappa shape index (κ3) is 4.81. The van der Waals surface area contributed by atoms with Crippen molar-refractivity contribution in [1.29, 1.82) is 5.26 Å². The zero-order valence-corrected chi connectivity index (χ0v) is 15.1. The lowest BCUT2D eigenvalue weighted by Gasteiger charge is -2.49. The van der Waals surface area contributed by atoms with Gasteiger partial charge in [0, 0.05) is 37.3 Å². The molecule has 2 aliphatic heterocycles. The van der Waals surface area contributed by atoms with Crippen LogP contribution in [0.15, 0.2) is 24.3 Å². The van der Waals surface area contributed by atoms with Crippen LogP contribution in [-0.2, 0) is 4.79 Å². The predicted molar refractivity (Wildman–Crippen MR) is 99.3 cm³/mol. The molecule has 3 rings (SSSR count). The van der Waals surface area contributed by atoms with Crippen LogP contribution >= 0.6 is 0 Å². The molecule has 1 amide bonds. The van der Waals surface area contributed by atoms with E-state index in [1.807, 2.05) is 0 Å². The Labute approximate surface area is 150 Å². The molecule has 2 heterocycles. The van der Waals surface area contributed by atoms with Crippen LogP contribution in [0.5, 0.6) is 0 Å². The molecule has 0 aromatic heterocycles. The van der Waals surface area contributed by atoms with Gasteiger partial charge in [0.1, 0.15) is 0 Å². The zero-order valence-electron chi connectivity index (χ0n) is 15.1. The number of likely N-dealkylation sites (tertiary alicyclic amines) is 2. The van der Waals surface area contributed by atoms with E-state index >= 15 is 0 Å². The lowest BCUT2D eigenvalue weighted by atomic mass is 9.97. The first-order valence-electron chi connectivity index (χ1n) is 9.44. The van der Waals surface area contributed by atoms with Gasteiger partial charge in [0.2, 0.25) is 5.91 Å². The maximum absolute atomic E-state index is 12.0. The normalized spacial score (nSPS) is 22.2. The summed E-state index contributed by atoms with van der Waals surface area (Å²) in [4.78, 5) is 17.1. The van der Waals surface area contributed by atoms with Crippen molar-refractivity contribution in [3.63, 3.8) is 0 Å². The van der Waals surface area contributed by atoms with Gasteiger partial charge in [-0.1, -0.05) is 6.42 Å². The molecule has 1 N–H and O–H groups in total. The van der Waals surface area contributed by atoms with Gasteiger partial charge in [-0.15, -0.1) is 0 Å². The minimum absolute atomic E-state index is 0.0476. The van der Waals surface area contributed by atoms with Crippen molar-refractivity contribution in [1.82, 2.24) is 9.80 Å². The van der Waals surface area contributed by atoms with E-state index in [9.17, 15) is 4.79 Å². The Balaban J connectivity index is 1.31. The lowest BCUT2D eigenvalue weighted by molar-refractivity contribution is -0.116. The molecule has 25 heavy (non-hydrogen) atoms. The van der Waals surface area contributed by atoms with E-state index in [4.69, 9.17) is 5.26 Å². The molecule has 2 saturated heterocycles. The molecular weight excluding hydrogens is 312 g/mol. The van der Waals surface area contributed by atoms with Crippen molar-refractivity contribution in [3.8, 4) is 6.07 Å². The first-order chi connectivity index (χ1) is 12.2. The number of hydrogen-bond donors (Lipinski definition) is 1. The van der Waals surface area contributed by atoms with Crippen molar-refractivity contribution in [2.45, 2.75) is 51.1 Å². The number of piperidine rings is 1. The molecule has 1 aromatic rings. The summed E-state index contributed by atoms with van der Waals surface area (Å²) in [6.07, 6.45) is 5.50. The molecule has 0 saturated carbocycles. The predicted octanol–water partition coefficient (Wildman–Crippen LogP) is 2.84. The van der Waals surface area contributed by atoms with E-state index in [2.05, 4.69) is 28.1 Å². The molecule has 1 aromatic carbocycles. The number of amides is 1. The Bertz CT molecular complexity index is 616. The van der Waals surface area contributed by atoms with Crippen LogP contribution in [0.1, 0.15) is 44.6 Å². The lowest BCUT2D eigenvalue weighted by Crippen LogP contribution is -2.62. The second kappa shape index (κ2) is 8.46. The van der Waals surface area contributed by atoms with Crippen molar-refractivity contribution in [3.05, 3.63) is 29.8 Å². The fourth-order valence-electron chi connectivity index (χ4n) is 3.91. The summed E-state index contributed by atoms with van der Waals surface area (Å²) in [5, 5.41) is 11.7. The SMILES string of the molecule is C[C@@H]1CCCCN1C1CN(CCCC(=O)Nc2ccc(C#N)cc2)C1. The van der Waals surface area contributed by atoms with Crippen molar-refractivity contribution >= 4 is 11.6 Å². The highest BCUT2D eigenvalue weighted by atomic mass is 16.1. The van der Waals surface area contributed by atoms with E-state index in [0.29, 0.717) is 12.0 Å². The number of nitrogens with one attached hydrogen (secondary N) is 1. The number of rotatable bonds is 6. The summed E-state index contributed by atoms with van der Waals surface area (Å²) < 4.78 is 0. The summed E-state index contributed by atoms with van der Waals surface area (Å²) in [5.74, 6) is 0.0476. The van der Waals surface area contributed by atoms with Crippen LogP contribution in [0.25, 0.3) is 0 Å². The van der Waals surface area contributed by atoms with Gasteiger partial charge in [0.05, 0.1) is 11.6 Å². The molecular formula is C20H28N4O. The minimum atomic E-state index is 0.0476. The van der Waals surface area contributed by atoms with Gasteiger partial charge < -0.3 is 10.2 Å². The van der Waals surface area contributed by atoms with Gasteiger partial charge in [-0.25, -0.2) is 0 Å². The monoisotopic (exact) mass is 340 g/mol. The second-order valence-electron chi connectivity index (χ2n) is 7.34. The second-order valence-corrected chi connectivity index (χ2v) is 7.34. The van der Waals surface area contributed by atoms with E-state index in [-0.39, 0.29) is 5.91 Å². The van der Waals surface area contributed by atoms with Gasteiger partial charge in [-0.3, -0.25) is 9.69 Å². The van der Waals surface area contributed by atoms with Gasteiger partial charge in [0.25, 0.3) is 0 Å². The topological polar surface area (TPSA) is 59.4 Å². The number of nitrogens with zero attached hydrogens (tertiary/aromatic N) is 3. The third-order valence-electron chi connectivity index (χ3n) is 5.44. The minimum Gasteiger partial charge on any atom is -0.326 e. The van der Waals surface area contributed by atoms with Crippen molar-refractivity contribution in [2.24, 2.45) is 0 Å². The molecule has 5 heteroatoms. The maximum Gasteiger partial charge on any atom is 0.224 e. The molecule has 5 nitrogen and oxygen atoms in total. The van der Waals surface area contributed by atoms with Gasteiger partial charge in [-0.05, 0) is 63.5 Å². The number of anilines is 1. The molecule has 0 spiro atoms. The van der Waals surface area contributed by atoms with E-state index in [1.165, 1.54) is 25.8 Å². The number of carbonyl (C=O) groups is 1. The highest BCUT2D eigenvalue weighted by molar-refractivity contribution is 5.90. The van der Waals surface area contributed by atoms with Crippen LogP contribution < -0.4 is 5.32 Å². The van der Waals surface area contributed by atoms with Crippen molar-refractivity contribution < 1.29 is 4.79 Å². The fraction of sp³-hybridized carbons (Fsp3) is 0.600. The largest absolute Gasteiger partial charge is 0.326 e. The Morgan fingerprint density at radius 3 is 2.72 bits per heavy atom. The molecule has 0 bridgehead atoms. The van der Waals surface area contributed by atoms with Crippen LogP contribution in [0, 0.1) is 11.3 Å². The Kier molecular flexibility index (Phi) is 6.06. The average molecular weight is 340 g/mol. The van der Waals surface area contributed by atoms with E-state index in [0.717, 1.165) is 43.8 Å². The number of hydrogen-bond acceptors (Lipinski definition) is 4. The highest BCUT2D eigenvalue weighted by Gasteiger charge is 2.34. The van der Waals surface area contributed by atoms with Crippen LogP contribution in [0.3, 0.4) is 0 Å². The van der Waals surface area contributed by atoms with Crippen LogP contribution in [0.4, 0.5) is 5.69 Å². The average Bonchev–Trinajstić information content (AvgIpc) is 2.58. The molecule has 0 aliphatic carbocycles. The summed E-state index contributed by atoms with van der Waals surface area (Å²) in [7, 11) is 0. The summed E-state index contributed by atoms with van der Waals surface area (Å²) in [6, 6.07) is 10.5. The van der Waals surface area contributed by atoms with Gasteiger partial charge in [0.15, 0.2) is 0 Å². The molecule has 134 valence electrons. The number of nitriles is 1. The quantitative estimate of drug-likeness (QED) is 0.865. The van der Waals surface area contributed by atoms with Gasteiger partial charge in [-0.2, -0.15) is 5.26 Å². The molecule has 1 atom stereocenters. The van der Waals surface area contributed by atoms with Gasteiger partial charge >= 0.3 is 0 Å². The first-order valence-corrected chi connectivity index (χ1v) is 9.44. The molecule has 2 aliphatic rings. The number of carbonyl (C=O) groups excluding carboxylic acids is 1. The summed E-state index contributed by atoms with van der Waals surface area (Å²) >= 11 is 0. The zero-order chi connectivity index (χ0) is 17.6. The van der Waals surface area contributed by atoms with E-state index in [1.54, 1.807) is 24.3 Å². The van der Waals surface area contributed by atoms with Crippen molar-refractivity contribution in [2.75, 3.05) is 31.5 Å². The maximum atomic E-state index is 12.0. The standard InChI is InChI=1S/C20H28N4O/c1-16-5-2-3-12-24(16)19-14-23(15-19)11-4-6-20(25)22-18-9-7-17(13-21)8-10-18/h7-10,16,19H,2-6,11-12,14-15H2,1H3,(H,22,25)/t16-/m1/s1.